The molecule has 8 heteroatoms. The van der Waals surface area contributed by atoms with Gasteiger partial charge in [-0.05, 0) is 44.1 Å². The molecule has 0 aromatic heterocycles. The molecule has 0 unspecified atom stereocenters. The van der Waals surface area contributed by atoms with Crippen molar-refractivity contribution in [3.63, 3.8) is 0 Å². The van der Waals surface area contributed by atoms with E-state index in [9.17, 15) is 13.6 Å². The first kappa shape index (κ1) is 20.0. The number of thiocarbonyl (C=S) groups is 1. The van der Waals surface area contributed by atoms with E-state index < -0.39 is 11.6 Å². The number of halogens is 2. The number of unbranched alkanes of at least 4 members (excludes halogenated alkanes) is 2. The highest BCUT2D eigenvalue weighted by Gasteiger charge is 2.07. The normalized spacial score (nSPS) is 11.1. The third-order valence-corrected chi connectivity index (χ3v) is 3.45. The zero-order chi connectivity index (χ0) is 17.9. The Balaban J connectivity index is 2.28. The second kappa shape index (κ2) is 10.6. The summed E-state index contributed by atoms with van der Waals surface area (Å²) in [5.41, 5.74) is 3.17. The van der Waals surface area contributed by atoms with Crippen molar-refractivity contribution < 1.29 is 18.3 Å². The van der Waals surface area contributed by atoms with Crippen LogP contribution >= 0.6 is 12.2 Å². The number of nitrogens with zero attached hydrogens (tertiary/aromatic N) is 1. The van der Waals surface area contributed by atoms with E-state index in [1.807, 2.05) is 0 Å². The molecule has 0 saturated carbocycles. The maximum Gasteiger partial charge on any atom is 0.305 e. The molecule has 0 saturated heterocycles. The van der Waals surface area contributed by atoms with Crippen molar-refractivity contribution in [1.29, 1.82) is 0 Å². The van der Waals surface area contributed by atoms with E-state index in [0.717, 1.165) is 25.3 Å². The SMILES string of the molecule is COC(=O)CCCCCNC(=S)N/N=C(/C)c1ccc(F)cc1F. The number of carbonyl (C=O) groups is 1. The van der Waals surface area contributed by atoms with Crippen LogP contribution in [0, 0.1) is 11.6 Å². The van der Waals surface area contributed by atoms with E-state index in [1.54, 1.807) is 6.92 Å². The molecule has 24 heavy (non-hydrogen) atoms. The number of rotatable bonds is 8. The van der Waals surface area contributed by atoms with Crippen LogP contribution in [-0.4, -0.2) is 30.4 Å². The predicted octanol–water partition coefficient (Wildman–Crippen LogP) is 2.89. The van der Waals surface area contributed by atoms with E-state index in [-0.39, 0.29) is 11.5 Å². The number of hydrogen-bond acceptors (Lipinski definition) is 4. The van der Waals surface area contributed by atoms with Gasteiger partial charge in [0.05, 0.1) is 12.8 Å². The van der Waals surface area contributed by atoms with Crippen LogP contribution in [-0.2, 0) is 9.53 Å². The van der Waals surface area contributed by atoms with Crippen LogP contribution in [0.4, 0.5) is 8.78 Å². The summed E-state index contributed by atoms with van der Waals surface area (Å²) in [6.45, 7) is 2.23. The maximum atomic E-state index is 13.6. The van der Waals surface area contributed by atoms with Crippen LogP contribution in [0.3, 0.4) is 0 Å². The number of esters is 1. The third-order valence-electron chi connectivity index (χ3n) is 3.22. The van der Waals surface area contributed by atoms with Gasteiger partial charge in [-0.1, -0.05) is 6.42 Å². The molecule has 132 valence electrons. The number of ether oxygens (including phenoxy) is 1. The summed E-state index contributed by atoms with van der Waals surface area (Å²) in [4.78, 5) is 10.9. The van der Waals surface area contributed by atoms with Gasteiger partial charge in [-0.2, -0.15) is 5.10 Å². The van der Waals surface area contributed by atoms with Crippen LogP contribution in [0.5, 0.6) is 0 Å². The number of nitrogens with one attached hydrogen (secondary N) is 2. The maximum absolute atomic E-state index is 13.6. The van der Waals surface area contributed by atoms with Gasteiger partial charge >= 0.3 is 5.97 Å². The van der Waals surface area contributed by atoms with Crippen molar-refractivity contribution >= 4 is 29.0 Å². The molecule has 5 nitrogen and oxygen atoms in total. The molecule has 0 spiro atoms. The Kier molecular flexibility index (Phi) is 8.85. The van der Waals surface area contributed by atoms with Crippen LogP contribution in [0.25, 0.3) is 0 Å². The molecule has 0 atom stereocenters. The number of carbonyl (C=O) groups excluding carboxylic acids is 1. The average Bonchev–Trinajstić information content (AvgIpc) is 2.55. The lowest BCUT2D eigenvalue weighted by Crippen LogP contribution is -2.33. The number of hydrazone groups is 1. The lowest BCUT2D eigenvalue weighted by molar-refractivity contribution is -0.140. The van der Waals surface area contributed by atoms with E-state index in [1.165, 1.54) is 19.2 Å². The van der Waals surface area contributed by atoms with Gasteiger partial charge in [0.2, 0.25) is 0 Å². The van der Waals surface area contributed by atoms with Crippen LogP contribution < -0.4 is 10.7 Å². The summed E-state index contributed by atoms with van der Waals surface area (Å²) in [7, 11) is 1.37. The van der Waals surface area contributed by atoms with Gasteiger partial charge in [0.15, 0.2) is 5.11 Å². The zero-order valence-corrected chi connectivity index (χ0v) is 14.5. The van der Waals surface area contributed by atoms with Crippen molar-refractivity contribution in [2.75, 3.05) is 13.7 Å². The molecule has 0 aliphatic heterocycles. The Bertz CT molecular complexity index is 609. The van der Waals surface area contributed by atoms with E-state index in [0.29, 0.717) is 23.8 Å². The monoisotopic (exact) mass is 357 g/mol. The molecule has 2 N–H and O–H groups in total. The van der Waals surface area contributed by atoms with Gasteiger partial charge in [-0.25, -0.2) is 8.78 Å². The topological polar surface area (TPSA) is 62.7 Å². The Hall–Kier alpha value is -2.09. The minimum atomic E-state index is -0.678. The Morgan fingerprint density at radius 1 is 1.29 bits per heavy atom. The van der Waals surface area contributed by atoms with Gasteiger partial charge in [-0.15, -0.1) is 0 Å². The fourth-order valence-electron chi connectivity index (χ4n) is 1.89. The molecular formula is C16H21F2N3O2S. The summed E-state index contributed by atoms with van der Waals surface area (Å²) in [6.07, 6.45) is 2.88. The number of hydrogen-bond donors (Lipinski definition) is 2. The largest absolute Gasteiger partial charge is 0.469 e. The molecule has 1 aromatic rings. The first-order valence-electron chi connectivity index (χ1n) is 7.54. The van der Waals surface area contributed by atoms with Gasteiger partial charge in [0.1, 0.15) is 11.6 Å². The highest BCUT2D eigenvalue weighted by molar-refractivity contribution is 7.80. The molecule has 0 aliphatic carbocycles. The van der Waals surface area contributed by atoms with Crippen molar-refractivity contribution in [2.45, 2.75) is 32.6 Å². The number of methoxy groups -OCH3 is 1. The predicted molar refractivity (Wildman–Crippen MR) is 92.8 cm³/mol. The van der Waals surface area contributed by atoms with Crippen LogP contribution in [0.15, 0.2) is 23.3 Å². The highest BCUT2D eigenvalue weighted by atomic mass is 32.1. The van der Waals surface area contributed by atoms with Crippen molar-refractivity contribution in [3.05, 3.63) is 35.4 Å². The van der Waals surface area contributed by atoms with Gasteiger partial charge < -0.3 is 10.1 Å². The summed E-state index contributed by atoms with van der Waals surface area (Å²) >= 11 is 5.06. The first-order valence-corrected chi connectivity index (χ1v) is 7.95. The molecular weight excluding hydrogens is 336 g/mol. The summed E-state index contributed by atoms with van der Waals surface area (Å²) < 4.78 is 31.0. The van der Waals surface area contributed by atoms with Crippen LogP contribution in [0.2, 0.25) is 0 Å². The van der Waals surface area contributed by atoms with Gasteiger partial charge in [-0.3, -0.25) is 10.2 Å². The summed E-state index contributed by atoms with van der Waals surface area (Å²) in [6, 6.07) is 3.30. The molecule has 0 aliphatic rings. The highest BCUT2D eigenvalue weighted by Crippen LogP contribution is 2.10. The molecule has 1 aromatic carbocycles. The Morgan fingerprint density at radius 3 is 2.71 bits per heavy atom. The summed E-state index contributed by atoms with van der Waals surface area (Å²) in [5.74, 6) is -1.53. The Morgan fingerprint density at radius 2 is 2.04 bits per heavy atom. The second-order valence-electron chi connectivity index (χ2n) is 5.08. The molecule has 0 amide bonds. The van der Waals surface area contributed by atoms with Crippen molar-refractivity contribution in [1.82, 2.24) is 10.7 Å². The third kappa shape index (κ3) is 7.45. The van der Waals surface area contributed by atoms with Gasteiger partial charge in [0.25, 0.3) is 0 Å². The second-order valence-corrected chi connectivity index (χ2v) is 5.48. The standard InChI is InChI=1S/C16H21F2N3O2S/c1-11(13-8-7-12(17)10-14(13)18)20-21-16(24)19-9-5-3-4-6-15(22)23-2/h7-8,10H,3-6,9H2,1-2H3,(H2,19,21,24)/b20-11-. The average molecular weight is 357 g/mol. The lowest BCUT2D eigenvalue weighted by Gasteiger charge is -2.08. The fraction of sp³-hybridized carbons (Fsp3) is 0.438. The molecule has 0 fully saturated rings. The van der Waals surface area contributed by atoms with Crippen molar-refractivity contribution in [3.8, 4) is 0 Å². The van der Waals surface area contributed by atoms with Crippen LogP contribution in [0.1, 0.15) is 38.2 Å². The van der Waals surface area contributed by atoms with E-state index in [4.69, 9.17) is 12.2 Å². The Labute approximate surface area is 145 Å². The number of benzene rings is 1. The molecule has 0 bridgehead atoms. The lowest BCUT2D eigenvalue weighted by atomic mass is 10.1. The molecule has 0 heterocycles. The first-order chi connectivity index (χ1) is 11.4. The van der Waals surface area contributed by atoms with E-state index in [2.05, 4.69) is 20.6 Å². The van der Waals surface area contributed by atoms with E-state index >= 15 is 0 Å². The quantitative estimate of drug-likeness (QED) is 0.246. The van der Waals surface area contributed by atoms with Crippen molar-refractivity contribution in [2.24, 2.45) is 5.10 Å². The van der Waals surface area contributed by atoms with Gasteiger partial charge in [0, 0.05) is 24.6 Å². The summed E-state index contributed by atoms with van der Waals surface area (Å²) in [5, 5.41) is 7.24. The zero-order valence-electron chi connectivity index (χ0n) is 13.7. The fourth-order valence-corrected chi connectivity index (χ4v) is 2.04. The molecule has 0 radical (unpaired) electrons. The molecule has 1 rings (SSSR count). The minimum Gasteiger partial charge on any atom is -0.469 e. The smallest absolute Gasteiger partial charge is 0.305 e. The minimum absolute atomic E-state index is 0.203.